The van der Waals surface area contributed by atoms with Crippen LogP contribution in [0, 0.1) is 0 Å². The summed E-state index contributed by atoms with van der Waals surface area (Å²) in [5.74, 6) is 0.527. The van der Waals surface area contributed by atoms with Crippen molar-refractivity contribution in [3.63, 3.8) is 0 Å². The van der Waals surface area contributed by atoms with Crippen molar-refractivity contribution in [2.75, 3.05) is 13.7 Å². The van der Waals surface area contributed by atoms with Crippen LogP contribution in [0.25, 0.3) is 0 Å². The molecule has 0 aromatic heterocycles. The van der Waals surface area contributed by atoms with E-state index in [0.717, 1.165) is 16.9 Å². The molecule has 0 saturated carbocycles. The standard InChI is InChI=1S/C17H15NO3/c1-20-14-9-7-12(8-10-14)15-11-18-16(21-17(15)19)13-5-3-2-4-6-13/h2-10,15H,11H2,1H3/t15-/m0/s1. The maximum Gasteiger partial charge on any atom is 0.322 e. The summed E-state index contributed by atoms with van der Waals surface area (Å²) in [6.07, 6.45) is 0. The number of benzene rings is 2. The lowest BCUT2D eigenvalue weighted by molar-refractivity contribution is -0.137. The molecule has 1 atom stereocenters. The van der Waals surface area contributed by atoms with Crippen molar-refractivity contribution in [2.45, 2.75) is 5.92 Å². The lowest BCUT2D eigenvalue weighted by Gasteiger charge is -2.20. The van der Waals surface area contributed by atoms with Crippen LogP contribution in [0.2, 0.25) is 0 Å². The van der Waals surface area contributed by atoms with E-state index in [1.807, 2.05) is 54.6 Å². The summed E-state index contributed by atoms with van der Waals surface area (Å²) >= 11 is 0. The normalized spacial score (nSPS) is 17.9. The Morgan fingerprint density at radius 1 is 1.10 bits per heavy atom. The first kappa shape index (κ1) is 13.4. The zero-order valence-electron chi connectivity index (χ0n) is 11.7. The van der Waals surface area contributed by atoms with Crippen LogP contribution in [0.1, 0.15) is 17.0 Å². The molecule has 2 aromatic rings. The van der Waals surface area contributed by atoms with Gasteiger partial charge in [-0.2, -0.15) is 0 Å². The van der Waals surface area contributed by atoms with Gasteiger partial charge in [-0.3, -0.25) is 4.79 Å². The number of rotatable bonds is 3. The zero-order valence-corrected chi connectivity index (χ0v) is 11.7. The van der Waals surface area contributed by atoms with E-state index in [0.29, 0.717) is 12.4 Å². The second kappa shape index (κ2) is 5.79. The third-order valence-corrected chi connectivity index (χ3v) is 3.44. The van der Waals surface area contributed by atoms with Gasteiger partial charge in [0, 0.05) is 5.56 Å². The Hall–Kier alpha value is -2.62. The van der Waals surface area contributed by atoms with Gasteiger partial charge in [-0.15, -0.1) is 0 Å². The number of hydrogen-bond acceptors (Lipinski definition) is 4. The van der Waals surface area contributed by atoms with Crippen LogP contribution >= 0.6 is 0 Å². The number of esters is 1. The molecule has 2 aromatic carbocycles. The minimum Gasteiger partial charge on any atom is -0.497 e. The average molecular weight is 281 g/mol. The zero-order chi connectivity index (χ0) is 14.7. The van der Waals surface area contributed by atoms with Gasteiger partial charge < -0.3 is 9.47 Å². The van der Waals surface area contributed by atoms with Gasteiger partial charge in [0.15, 0.2) is 0 Å². The second-order valence-electron chi connectivity index (χ2n) is 4.76. The van der Waals surface area contributed by atoms with Crippen LogP contribution in [0.3, 0.4) is 0 Å². The molecule has 4 heteroatoms. The fraction of sp³-hybridized carbons (Fsp3) is 0.176. The fourth-order valence-corrected chi connectivity index (χ4v) is 2.26. The molecule has 0 N–H and O–H groups in total. The summed E-state index contributed by atoms with van der Waals surface area (Å²) in [5, 5.41) is 0. The van der Waals surface area contributed by atoms with Crippen molar-refractivity contribution >= 4 is 11.9 Å². The molecule has 1 aliphatic heterocycles. The monoisotopic (exact) mass is 281 g/mol. The summed E-state index contributed by atoms with van der Waals surface area (Å²) < 4.78 is 10.5. The van der Waals surface area contributed by atoms with Crippen molar-refractivity contribution in [1.82, 2.24) is 0 Å². The molecule has 0 saturated heterocycles. The third kappa shape index (κ3) is 2.79. The van der Waals surface area contributed by atoms with Gasteiger partial charge in [0.2, 0.25) is 5.90 Å². The van der Waals surface area contributed by atoms with Gasteiger partial charge in [-0.25, -0.2) is 4.99 Å². The van der Waals surface area contributed by atoms with Crippen molar-refractivity contribution in [3.05, 3.63) is 65.7 Å². The molecular weight excluding hydrogens is 266 g/mol. The minimum absolute atomic E-state index is 0.269. The Morgan fingerprint density at radius 3 is 2.43 bits per heavy atom. The Balaban J connectivity index is 1.81. The molecular formula is C17H15NO3. The summed E-state index contributed by atoms with van der Waals surface area (Å²) in [6, 6.07) is 16.8. The second-order valence-corrected chi connectivity index (χ2v) is 4.76. The highest BCUT2D eigenvalue weighted by molar-refractivity contribution is 6.03. The molecule has 0 radical (unpaired) electrons. The number of nitrogens with zero attached hydrogens (tertiary/aromatic N) is 1. The van der Waals surface area contributed by atoms with Crippen molar-refractivity contribution in [2.24, 2.45) is 4.99 Å². The summed E-state index contributed by atoms with van der Waals surface area (Å²) in [5.41, 5.74) is 1.70. The summed E-state index contributed by atoms with van der Waals surface area (Å²) in [7, 11) is 1.61. The number of carbonyl (C=O) groups is 1. The molecule has 1 heterocycles. The largest absolute Gasteiger partial charge is 0.497 e. The topological polar surface area (TPSA) is 47.9 Å². The van der Waals surface area contributed by atoms with Crippen LogP contribution in [-0.2, 0) is 9.53 Å². The van der Waals surface area contributed by atoms with Crippen LogP contribution < -0.4 is 4.74 Å². The molecule has 0 fully saturated rings. The summed E-state index contributed by atoms with van der Waals surface area (Å²) in [6.45, 7) is 0.398. The molecule has 21 heavy (non-hydrogen) atoms. The van der Waals surface area contributed by atoms with E-state index in [9.17, 15) is 4.79 Å². The highest BCUT2D eigenvalue weighted by Gasteiger charge is 2.28. The van der Waals surface area contributed by atoms with Gasteiger partial charge >= 0.3 is 5.97 Å². The molecule has 0 spiro atoms. The number of carbonyl (C=O) groups excluding carboxylic acids is 1. The van der Waals surface area contributed by atoms with Gasteiger partial charge in [-0.1, -0.05) is 30.3 Å². The number of methoxy groups -OCH3 is 1. The van der Waals surface area contributed by atoms with Crippen molar-refractivity contribution in [1.29, 1.82) is 0 Å². The lowest BCUT2D eigenvalue weighted by Crippen LogP contribution is -2.28. The van der Waals surface area contributed by atoms with Gasteiger partial charge in [0.05, 0.1) is 13.7 Å². The molecule has 0 amide bonds. The van der Waals surface area contributed by atoms with Crippen LogP contribution in [0.5, 0.6) is 5.75 Å². The Morgan fingerprint density at radius 2 is 1.81 bits per heavy atom. The van der Waals surface area contributed by atoms with Gasteiger partial charge in [-0.05, 0) is 29.8 Å². The molecule has 1 aliphatic rings. The Kier molecular flexibility index (Phi) is 3.69. The Bertz CT molecular complexity index is 662. The third-order valence-electron chi connectivity index (χ3n) is 3.44. The molecule has 0 unspecified atom stereocenters. The molecule has 0 bridgehead atoms. The van der Waals surface area contributed by atoms with Gasteiger partial charge in [0.25, 0.3) is 0 Å². The highest BCUT2D eigenvalue weighted by Crippen LogP contribution is 2.24. The number of cyclic esters (lactones) is 1. The number of hydrogen-bond donors (Lipinski definition) is 0. The highest BCUT2D eigenvalue weighted by atomic mass is 16.5. The van der Waals surface area contributed by atoms with Crippen LogP contribution in [0.4, 0.5) is 0 Å². The smallest absolute Gasteiger partial charge is 0.322 e. The van der Waals surface area contributed by atoms with E-state index < -0.39 is 0 Å². The maximum atomic E-state index is 12.2. The first-order valence-corrected chi connectivity index (χ1v) is 6.73. The van der Waals surface area contributed by atoms with E-state index >= 15 is 0 Å². The Labute approximate surface area is 123 Å². The van der Waals surface area contributed by atoms with Crippen LogP contribution in [0.15, 0.2) is 59.6 Å². The van der Waals surface area contributed by atoms with E-state index in [1.54, 1.807) is 7.11 Å². The van der Waals surface area contributed by atoms with E-state index in [-0.39, 0.29) is 11.9 Å². The van der Waals surface area contributed by atoms with Crippen LogP contribution in [-0.4, -0.2) is 25.5 Å². The number of aliphatic imine (C=N–C) groups is 1. The first-order chi connectivity index (χ1) is 10.3. The molecule has 4 nitrogen and oxygen atoms in total. The van der Waals surface area contributed by atoms with E-state index in [2.05, 4.69) is 4.99 Å². The molecule has 106 valence electrons. The first-order valence-electron chi connectivity index (χ1n) is 6.73. The average Bonchev–Trinajstić information content (AvgIpc) is 2.56. The SMILES string of the molecule is COc1ccc([C@@H]2CN=C(c3ccccc3)OC2=O)cc1. The minimum atomic E-state index is -0.358. The fourth-order valence-electron chi connectivity index (χ4n) is 2.26. The molecule has 0 aliphatic carbocycles. The maximum absolute atomic E-state index is 12.2. The van der Waals surface area contributed by atoms with Crippen molar-refractivity contribution in [3.8, 4) is 5.75 Å². The quantitative estimate of drug-likeness (QED) is 0.813. The van der Waals surface area contributed by atoms with E-state index in [4.69, 9.17) is 9.47 Å². The van der Waals surface area contributed by atoms with Gasteiger partial charge in [0.1, 0.15) is 11.7 Å². The lowest BCUT2D eigenvalue weighted by atomic mass is 9.98. The van der Waals surface area contributed by atoms with Crippen molar-refractivity contribution < 1.29 is 14.3 Å². The number of ether oxygens (including phenoxy) is 2. The molecule has 3 rings (SSSR count). The predicted molar refractivity (Wildman–Crippen MR) is 79.7 cm³/mol. The predicted octanol–water partition coefficient (Wildman–Crippen LogP) is 2.78. The summed E-state index contributed by atoms with van der Waals surface area (Å²) in [4.78, 5) is 16.6. The van der Waals surface area contributed by atoms with E-state index in [1.165, 1.54) is 0 Å².